The molecule has 2 nitrogen and oxygen atoms in total. The van der Waals surface area contributed by atoms with E-state index in [0.29, 0.717) is 0 Å². The Labute approximate surface area is 99.2 Å². The lowest BCUT2D eigenvalue weighted by Crippen LogP contribution is -2.26. The molecule has 0 saturated carbocycles. The van der Waals surface area contributed by atoms with Crippen molar-refractivity contribution in [1.29, 1.82) is 0 Å². The minimum absolute atomic E-state index is 0.733. The van der Waals surface area contributed by atoms with Crippen LogP contribution >= 0.6 is 0 Å². The Balaban J connectivity index is 0.000000606. The number of nitrogens with two attached hydrogens (primary N) is 1. The fourth-order valence-electron chi connectivity index (χ4n) is 2.29. The van der Waals surface area contributed by atoms with Crippen molar-refractivity contribution in [2.75, 3.05) is 18.8 Å². The van der Waals surface area contributed by atoms with Crippen molar-refractivity contribution in [3.8, 4) is 0 Å². The van der Waals surface area contributed by atoms with Gasteiger partial charge in [-0.15, -0.1) is 0 Å². The second kappa shape index (κ2) is 6.54. The molecule has 2 heteroatoms. The van der Waals surface area contributed by atoms with Gasteiger partial charge in [0, 0.05) is 5.69 Å². The summed E-state index contributed by atoms with van der Waals surface area (Å²) < 4.78 is 0. The summed E-state index contributed by atoms with van der Waals surface area (Å²) in [7, 11) is 0. The predicted molar refractivity (Wildman–Crippen MR) is 71.8 cm³/mol. The topological polar surface area (TPSA) is 38.0 Å². The van der Waals surface area contributed by atoms with E-state index in [-0.39, 0.29) is 0 Å². The van der Waals surface area contributed by atoms with E-state index < -0.39 is 0 Å². The van der Waals surface area contributed by atoms with Crippen LogP contribution in [0.3, 0.4) is 0 Å². The molecule has 0 atom stereocenters. The molecule has 1 fully saturated rings. The Kier molecular flexibility index (Phi) is 5.33. The SMILES string of the molecule is CC.Cc1cc(N)ccc1C1CCNCC1. The van der Waals surface area contributed by atoms with Gasteiger partial charge in [0.25, 0.3) is 0 Å². The summed E-state index contributed by atoms with van der Waals surface area (Å²) in [5.74, 6) is 0.733. The van der Waals surface area contributed by atoms with Crippen LogP contribution in [0.25, 0.3) is 0 Å². The predicted octanol–water partition coefficient (Wildman–Crippen LogP) is 3.07. The number of piperidine rings is 1. The number of anilines is 1. The molecule has 0 spiro atoms. The summed E-state index contributed by atoms with van der Waals surface area (Å²) in [5.41, 5.74) is 9.45. The van der Waals surface area contributed by atoms with Crippen molar-refractivity contribution in [1.82, 2.24) is 5.32 Å². The molecule has 1 heterocycles. The highest BCUT2D eigenvalue weighted by atomic mass is 14.9. The summed E-state index contributed by atoms with van der Waals surface area (Å²) >= 11 is 0. The van der Waals surface area contributed by atoms with E-state index in [4.69, 9.17) is 5.73 Å². The molecule has 0 aliphatic carbocycles. The number of aryl methyl sites for hydroxylation is 1. The van der Waals surface area contributed by atoms with Gasteiger partial charge in [-0.1, -0.05) is 19.9 Å². The molecule has 1 aliphatic heterocycles. The van der Waals surface area contributed by atoms with Gasteiger partial charge < -0.3 is 11.1 Å². The zero-order valence-electron chi connectivity index (χ0n) is 10.7. The smallest absolute Gasteiger partial charge is 0.0316 e. The third-order valence-corrected chi connectivity index (χ3v) is 3.07. The van der Waals surface area contributed by atoms with Crippen molar-refractivity contribution in [3.05, 3.63) is 29.3 Å². The Morgan fingerprint density at radius 3 is 2.38 bits per heavy atom. The van der Waals surface area contributed by atoms with Crippen LogP contribution in [-0.2, 0) is 0 Å². The minimum atomic E-state index is 0.733. The summed E-state index contributed by atoms with van der Waals surface area (Å²) in [5, 5.41) is 3.39. The number of hydrogen-bond donors (Lipinski definition) is 2. The average Bonchev–Trinajstić information content (AvgIpc) is 2.33. The van der Waals surface area contributed by atoms with E-state index in [2.05, 4.69) is 24.4 Å². The van der Waals surface area contributed by atoms with Crippen LogP contribution in [-0.4, -0.2) is 13.1 Å². The molecule has 1 aliphatic rings. The maximum absolute atomic E-state index is 5.74. The third kappa shape index (κ3) is 3.24. The van der Waals surface area contributed by atoms with Crippen LogP contribution in [0, 0.1) is 6.92 Å². The molecule has 1 saturated heterocycles. The lowest BCUT2D eigenvalue weighted by molar-refractivity contribution is 0.459. The average molecular weight is 220 g/mol. The molecule has 0 radical (unpaired) electrons. The summed E-state index contributed by atoms with van der Waals surface area (Å²) in [6.45, 7) is 8.46. The first-order chi connectivity index (χ1) is 7.77. The first kappa shape index (κ1) is 13.0. The molecule has 1 aromatic rings. The molecule has 16 heavy (non-hydrogen) atoms. The van der Waals surface area contributed by atoms with Gasteiger partial charge in [0.1, 0.15) is 0 Å². The van der Waals surface area contributed by atoms with Crippen molar-refractivity contribution >= 4 is 5.69 Å². The number of hydrogen-bond acceptors (Lipinski definition) is 2. The van der Waals surface area contributed by atoms with Crippen molar-refractivity contribution in [3.63, 3.8) is 0 Å². The van der Waals surface area contributed by atoms with E-state index in [1.165, 1.54) is 24.0 Å². The first-order valence-corrected chi connectivity index (χ1v) is 6.34. The Morgan fingerprint density at radius 2 is 1.81 bits per heavy atom. The Bertz CT molecular complexity index is 315. The van der Waals surface area contributed by atoms with Gasteiger partial charge in [-0.3, -0.25) is 0 Å². The van der Waals surface area contributed by atoms with E-state index in [1.54, 1.807) is 0 Å². The normalized spacial score (nSPS) is 16.4. The minimum Gasteiger partial charge on any atom is -0.399 e. The maximum Gasteiger partial charge on any atom is 0.0316 e. The maximum atomic E-state index is 5.74. The van der Waals surface area contributed by atoms with Gasteiger partial charge >= 0.3 is 0 Å². The van der Waals surface area contributed by atoms with Crippen LogP contribution in [0.2, 0.25) is 0 Å². The van der Waals surface area contributed by atoms with E-state index in [0.717, 1.165) is 24.7 Å². The third-order valence-electron chi connectivity index (χ3n) is 3.07. The number of benzene rings is 1. The van der Waals surface area contributed by atoms with Crippen molar-refractivity contribution in [2.24, 2.45) is 0 Å². The monoisotopic (exact) mass is 220 g/mol. The first-order valence-electron chi connectivity index (χ1n) is 6.34. The summed E-state index contributed by atoms with van der Waals surface area (Å²) in [4.78, 5) is 0. The molecule has 0 unspecified atom stereocenters. The van der Waals surface area contributed by atoms with Gasteiger partial charge in [0.05, 0.1) is 0 Å². The van der Waals surface area contributed by atoms with Crippen molar-refractivity contribution in [2.45, 2.75) is 39.5 Å². The Morgan fingerprint density at radius 1 is 1.19 bits per heavy atom. The van der Waals surface area contributed by atoms with Gasteiger partial charge in [-0.25, -0.2) is 0 Å². The zero-order chi connectivity index (χ0) is 12.0. The molecular formula is C14H24N2. The highest BCUT2D eigenvalue weighted by molar-refractivity contribution is 5.45. The molecule has 2 rings (SSSR count). The highest BCUT2D eigenvalue weighted by Gasteiger charge is 2.16. The lowest BCUT2D eigenvalue weighted by Gasteiger charge is -2.24. The van der Waals surface area contributed by atoms with Crippen LogP contribution in [0.4, 0.5) is 5.69 Å². The van der Waals surface area contributed by atoms with Crippen LogP contribution in [0.1, 0.15) is 43.7 Å². The van der Waals surface area contributed by atoms with Gasteiger partial charge in [0.2, 0.25) is 0 Å². The second-order valence-electron chi connectivity index (χ2n) is 4.14. The van der Waals surface area contributed by atoms with E-state index in [9.17, 15) is 0 Å². The van der Waals surface area contributed by atoms with E-state index >= 15 is 0 Å². The molecular weight excluding hydrogens is 196 g/mol. The summed E-state index contributed by atoms with van der Waals surface area (Å²) in [6.07, 6.45) is 2.51. The fourth-order valence-corrected chi connectivity index (χ4v) is 2.29. The summed E-state index contributed by atoms with van der Waals surface area (Å²) in [6, 6.07) is 6.29. The van der Waals surface area contributed by atoms with Crippen LogP contribution in [0.15, 0.2) is 18.2 Å². The highest BCUT2D eigenvalue weighted by Crippen LogP contribution is 2.28. The van der Waals surface area contributed by atoms with Crippen molar-refractivity contribution < 1.29 is 0 Å². The van der Waals surface area contributed by atoms with Gasteiger partial charge in [0.15, 0.2) is 0 Å². The molecule has 0 aromatic heterocycles. The number of rotatable bonds is 1. The lowest BCUT2D eigenvalue weighted by atomic mass is 9.87. The van der Waals surface area contributed by atoms with Crippen LogP contribution in [0.5, 0.6) is 0 Å². The molecule has 0 amide bonds. The number of nitrogens with one attached hydrogen (secondary N) is 1. The molecule has 1 aromatic carbocycles. The Hall–Kier alpha value is -1.02. The number of nitrogen functional groups attached to an aromatic ring is 1. The van der Waals surface area contributed by atoms with Gasteiger partial charge in [-0.05, 0) is 62.0 Å². The van der Waals surface area contributed by atoms with Crippen LogP contribution < -0.4 is 11.1 Å². The largest absolute Gasteiger partial charge is 0.399 e. The molecule has 0 bridgehead atoms. The molecule has 3 N–H and O–H groups in total. The standard InChI is InChI=1S/C12H18N2.C2H6/c1-9-8-11(13)2-3-12(9)10-4-6-14-7-5-10;1-2/h2-3,8,10,14H,4-7,13H2,1H3;1-2H3. The van der Waals surface area contributed by atoms with Gasteiger partial charge in [-0.2, -0.15) is 0 Å². The zero-order valence-corrected chi connectivity index (χ0v) is 10.7. The quantitative estimate of drug-likeness (QED) is 0.714. The fraction of sp³-hybridized carbons (Fsp3) is 0.571. The van der Waals surface area contributed by atoms with E-state index in [1.807, 2.05) is 19.9 Å². The molecule has 90 valence electrons. The second-order valence-corrected chi connectivity index (χ2v) is 4.14.